The number of hydrogen-bond donors (Lipinski definition) is 2. The van der Waals surface area contributed by atoms with Crippen LogP contribution in [0.5, 0.6) is 5.75 Å². The third-order valence-electron chi connectivity index (χ3n) is 6.31. The van der Waals surface area contributed by atoms with E-state index in [9.17, 15) is 14.7 Å². The number of carbonyl (C=O) groups is 2. The number of nitrogens with one attached hydrogen (secondary N) is 1. The standard InChI is InChI=1S/C26H31N7O3/c1-4-12-31(3)17-24(35)33-18(2)15-32(26(36)23(33)14-19-8-10-22(34)11-9-19)16-20-6-5-7-21(13-20)25-27-29-30-28-25/h4-11,13,18,23,34H,1,12,14-17H2,2-3H3,(H,27,28,29,30)/t18-,23-/m0/s1. The molecule has 1 aliphatic heterocycles. The van der Waals surface area contributed by atoms with Gasteiger partial charge in [-0.1, -0.05) is 36.4 Å². The first-order chi connectivity index (χ1) is 17.4. The summed E-state index contributed by atoms with van der Waals surface area (Å²) in [4.78, 5) is 32.6. The van der Waals surface area contributed by atoms with E-state index in [1.165, 1.54) is 0 Å². The molecule has 2 aromatic carbocycles. The van der Waals surface area contributed by atoms with E-state index >= 15 is 0 Å². The van der Waals surface area contributed by atoms with Gasteiger partial charge in [0.1, 0.15) is 11.8 Å². The van der Waals surface area contributed by atoms with Gasteiger partial charge in [-0.15, -0.1) is 11.7 Å². The van der Waals surface area contributed by atoms with Crippen molar-refractivity contribution >= 4 is 11.8 Å². The molecule has 10 heteroatoms. The summed E-state index contributed by atoms with van der Waals surface area (Å²) in [5, 5.41) is 23.7. The minimum absolute atomic E-state index is 0.0940. The Labute approximate surface area is 210 Å². The molecular weight excluding hydrogens is 458 g/mol. The van der Waals surface area contributed by atoms with Crippen LogP contribution in [0.1, 0.15) is 18.1 Å². The lowest BCUT2D eigenvalue weighted by atomic mass is 9.97. The molecule has 1 aromatic heterocycles. The lowest BCUT2D eigenvalue weighted by Gasteiger charge is -2.45. The molecule has 0 unspecified atom stereocenters. The Kier molecular flexibility index (Phi) is 7.74. The van der Waals surface area contributed by atoms with Crippen LogP contribution >= 0.6 is 0 Å². The first-order valence-electron chi connectivity index (χ1n) is 11.9. The topological polar surface area (TPSA) is 119 Å². The number of aromatic hydroxyl groups is 1. The first kappa shape index (κ1) is 25.1. The zero-order valence-corrected chi connectivity index (χ0v) is 20.5. The van der Waals surface area contributed by atoms with Gasteiger partial charge in [0.15, 0.2) is 5.82 Å². The highest BCUT2D eigenvalue weighted by Gasteiger charge is 2.41. The Morgan fingerprint density at radius 2 is 2.03 bits per heavy atom. The quantitative estimate of drug-likeness (QED) is 0.441. The van der Waals surface area contributed by atoms with Crippen LogP contribution in [0.25, 0.3) is 11.4 Å². The minimum atomic E-state index is -0.649. The fourth-order valence-corrected chi connectivity index (χ4v) is 4.65. The molecule has 2 atom stereocenters. The number of rotatable bonds is 9. The average molecular weight is 490 g/mol. The molecule has 10 nitrogen and oxygen atoms in total. The summed E-state index contributed by atoms with van der Waals surface area (Å²) in [6.07, 6.45) is 2.11. The molecule has 2 amide bonds. The predicted molar refractivity (Wildman–Crippen MR) is 135 cm³/mol. The van der Waals surface area contributed by atoms with Gasteiger partial charge in [-0.25, -0.2) is 5.10 Å². The number of carbonyl (C=O) groups excluding carboxylic acids is 2. The fraction of sp³-hybridized carbons (Fsp3) is 0.346. The number of tetrazole rings is 1. The van der Waals surface area contributed by atoms with Crippen LogP contribution in [0.4, 0.5) is 0 Å². The predicted octanol–water partition coefficient (Wildman–Crippen LogP) is 1.86. The van der Waals surface area contributed by atoms with Crippen LogP contribution in [0.15, 0.2) is 61.2 Å². The number of H-pyrrole nitrogens is 1. The summed E-state index contributed by atoms with van der Waals surface area (Å²) >= 11 is 0. The molecule has 0 saturated carbocycles. The number of aromatic amines is 1. The summed E-state index contributed by atoms with van der Waals surface area (Å²) in [6, 6.07) is 13.7. The van der Waals surface area contributed by atoms with Crippen LogP contribution in [0.3, 0.4) is 0 Å². The molecule has 36 heavy (non-hydrogen) atoms. The van der Waals surface area contributed by atoms with Crippen molar-refractivity contribution < 1.29 is 14.7 Å². The van der Waals surface area contributed by atoms with Crippen molar-refractivity contribution in [3.8, 4) is 17.1 Å². The highest BCUT2D eigenvalue weighted by atomic mass is 16.3. The van der Waals surface area contributed by atoms with Gasteiger partial charge in [-0.05, 0) is 53.7 Å². The normalized spacial score (nSPS) is 18.0. The smallest absolute Gasteiger partial charge is 0.246 e. The summed E-state index contributed by atoms with van der Waals surface area (Å²) in [5.41, 5.74) is 2.65. The zero-order chi connectivity index (χ0) is 25.7. The Balaban J connectivity index is 1.58. The van der Waals surface area contributed by atoms with Crippen LogP contribution in [-0.2, 0) is 22.6 Å². The van der Waals surface area contributed by atoms with Crippen molar-refractivity contribution in [3.63, 3.8) is 0 Å². The van der Waals surface area contributed by atoms with E-state index in [1.807, 2.05) is 48.0 Å². The maximum atomic E-state index is 13.8. The summed E-state index contributed by atoms with van der Waals surface area (Å²) in [5.74, 6) is 0.515. The maximum Gasteiger partial charge on any atom is 0.246 e. The molecule has 1 fully saturated rings. The monoisotopic (exact) mass is 489 g/mol. The van der Waals surface area contributed by atoms with Gasteiger partial charge >= 0.3 is 0 Å². The van der Waals surface area contributed by atoms with E-state index in [0.717, 1.165) is 16.7 Å². The van der Waals surface area contributed by atoms with Crippen molar-refractivity contribution in [3.05, 3.63) is 72.3 Å². The lowest BCUT2D eigenvalue weighted by Crippen LogP contribution is -2.64. The molecule has 188 valence electrons. The molecule has 4 rings (SSSR count). The highest BCUT2D eigenvalue weighted by Crippen LogP contribution is 2.25. The van der Waals surface area contributed by atoms with Crippen molar-refractivity contribution in [2.45, 2.75) is 32.0 Å². The van der Waals surface area contributed by atoms with Gasteiger partial charge in [0.05, 0.1) is 6.54 Å². The minimum Gasteiger partial charge on any atom is -0.508 e. The Bertz CT molecular complexity index is 1200. The number of nitrogens with zero attached hydrogens (tertiary/aromatic N) is 6. The van der Waals surface area contributed by atoms with Crippen LogP contribution in [0.2, 0.25) is 0 Å². The number of phenols is 1. The number of aromatic nitrogens is 4. The molecule has 0 spiro atoms. The number of phenolic OH excluding ortho intramolecular Hbond substituents is 1. The number of likely N-dealkylation sites (N-methyl/N-ethyl adjacent to an activating group) is 1. The summed E-state index contributed by atoms with van der Waals surface area (Å²) in [7, 11) is 1.86. The third-order valence-corrected chi connectivity index (χ3v) is 6.31. The lowest BCUT2D eigenvalue weighted by molar-refractivity contribution is -0.156. The van der Waals surface area contributed by atoms with Crippen molar-refractivity contribution in [1.82, 2.24) is 35.3 Å². The van der Waals surface area contributed by atoms with Gasteiger partial charge in [0.2, 0.25) is 11.8 Å². The Hall–Kier alpha value is -4.05. The number of hydrogen-bond acceptors (Lipinski definition) is 7. The van der Waals surface area contributed by atoms with Gasteiger partial charge in [0, 0.05) is 37.7 Å². The van der Waals surface area contributed by atoms with Crippen molar-refractivity contribution in [2.75, 3.05) is 26.7 Å². The van der Waals surface area contributed by atoms with Gasteiger partial charge in [-0.2, -0.15) is 0 Å². The largest absolute Gasteiger partial charge is 0.508 e. The molecular formula is C26H31N7O3. The highest BCUT2D eigenvalue weighted by molar-refractivity contribution is 5.90. The molecule has 2 heterocycles. The Morgan fingerprint density at radius 1 is 1.25 bits per heavy atom. The molecule has 0 aliphatic carbocycles. The van der Waals surface area contributed by atoms with Gasteiger partial charge < -0.3 is 14.9 Å². The maximum absolute atomic E-state index is 13.8. The second kappa shape index (κ2) is 11.1. The van der Waals surface area contributed by atoms with E-state index in [0.29, 0.717) is 31.9 Å². The number of amides is 2. The van der Waals surface area contributed by atoms with Crippen molar-refractivity contribution in [2.24, 2.45) is 0 Å². The van der Waals surface area contributed by atoms with Crippen LogP contribution in [0, 0.1) is 0 Å². The zero-order valence-electron chi connectivity index (χ0n) is 20.5. The second-order valence-corrected chi connectivity index (χ2v) is 9.19. The van der Waals surface area contributed by atoms with E-state index in [1.54, 1.807) is 35.2 Å². The number of benzene rings is 2. The van der Waals surface area contributed by atoms with E-state index in [-0.39, 0.29) is 30.2 Å². The Morgan fingerprint density at radius 3 is 2.72 bits per heavy atom. The molecule has 1 saturated heterocycles. The van der Waals surface area contributed by atoms with E-state index in [2.05, 4.69) is 27.2 Å². The van der Waals surface area contributed by atoms with Crippen LogP contribution < -0.4 is 0 Å². The molecule has 0 bridgehead atoms. The molecule has 3 aromatic rings. The van der Waals surface area contributed by atoms with Gasteiger partial charge in [-0.3, -0.25) is 14.5 Å². The molecule has 0 radical (unpaired) electrons. The number of piperazine rings is 1. The summed E-state index contributed by atoms with van der Waals surface area (Å²) < 4.78 is 0. The molecule has 1 aliphatic rings. The fourth-order valence-electron chi connectivity index (χ4n) is 4.65. The van der Waals surface area contributed by atoms with Crippen LogP contribution in [-0.4, -0.2) is 91.0 Å². The first-order valence-corrected chi connectivity index (χ1v) is 11.9. The van der Waals surface area contributed by atoms with Gasteiger partial charge in [0.25, 0.3) is 0 Å². The third kappa shape index (κ3) is 5.77. The SMILES string of the molecule is C=CCN(C)CC(=O)N1[C@@H](C)CN(Cc2cccc(-c3nnn[nH]3)c2)C(=O)[C@@H]1Cc1ccc(O)cc1. The summed E-state index contributed by atoms with van der Waals surface area (Å²) in [6.45, 7) is 7.32. The van der Waals surface area contributed by atoms with E-state index in [4.69, 9.17) is 0 Å². The average Bonchev–Trinajstić information content (AvgIpc) is 3.39. The van der Waals surface area contributed by atoms with Crippen molar-refractivity contribution in [1.29, 1.82) is 0 Å². The second-order valence-electron chi connectivity index (χ2n) is 9.19. The molecule has 2 N–H and O–H groups in total. The van der Waals surface area contributed by atoms with E-state index < -0.39 is 6.04 Å².